The first-order valence-electron chi connectivity index (χ1n) is 9.55. The third-order valence-electron chi connectivity index (χ3n) is 5.20. The Hall–Kier alpha value is -1.89. The van der Waals surface area contributed by atoms with Crippen molar-refractivity contribution in [1.29, 1.82) is 0 Å². The van der Waals surface area contributed by atoms with Gasteiger partial charge in [0.15, 0.2) is 0 Å². The van der Waals surface area contributed by atoms with Gasteiger partial charge in [-0.15, -0.1) is 0 Å². The average Bonchev–Trinajstić information content (AvgIpc) is 2.67. The quantitative estimate of drug-likeness (QED) is 0.793. The summed E-state index contributed by atoms with van der Waals surface area (Å²) in [5.74, 6) is 0.000326. The normalized spacial score (nSPS) is 17.6. The number of nitrogens with two attached hydrogens (primary N) is 1. The minimum Gasteiger partial charge on any atom is -0.328 e. The van der Waals surface area contributed by atoms with Crippen molar-refractivity contribution in [1.82, 2.24) is 4.90 Å². The van der Waals surface area contributed by atoms with E-state index in [9.17, 15) is 8.42 Å². The number of benzene rings is 2. The number of para-hydroxylation sites is 1. The Labute approximate surface area is 162 Å². The maximum Gasteiger partial charge on any atom is 0.239 e. The molecule has 2 aromatic carbocycles. The van der Waals surface area contributed by atoms with Crippen molar-refractivity contribution in [2.24, 2.45) is 5.73 Å². The summed E-state index contributed by atoms with van der Waals surface area (Å²) in [7, 11) is -3.49. The summed E-state index contributed by atoms with van der Waals surface area (Å²) in [6.07, 6.45) is 1.93. The van der Waals surface area contributed by atoms with Crippen LogP contribution in [0.4, 0.5) is 5.69 Å². The van der Waals surface area contributed by atoms with Crippen molar-refractivity contribution in [3.05, 3.63) is 66.2 Å². The van der Waals surface area contributed by atoms with Crippen LogP contribution in [0.25, 0.3) is 0 Å². The average molecular weight is 388 g/mol. The van der Waals surface area contributed by atoms with E-state index < -0.39 is 10.0 Å². The number of anilines is 1. The summed E-state index contributed by atoms with van der Waals surface area (Å²) >= 11 is 0. The summed E-state index contributed by atoms with van der Waals surface area (Å²) in [6.45, 7) is 4.38. The molecular formula is C21H29N3O2S. The van der Waals surface area contributed by atoms with Gasteiger partial charge < -0.3 is 5.73 Å². The van der Waals surface area contributed by atoms with Gasteiger partial charge in [-0.3, -0.25) is 9.21 Å². The Morgan fingerprint density at radius 2 is 1.59 bits per heavy atom. The van der Waals surface area contributed by atoms with Gasteiger partial charge in [0, 0.05) is 18.6 Å². The first kappa shape index (κ1) is 19.9. The zero-order valence-electron chi connectivity index (χ0n) is 15.9. The van der Waals surface area contributed by atoms with Crippen LogP contribution >= 0.6 is 0 Å². The molecule has 1 aliphatic heterocycles. The molecule has 0 aromatic heterocycles. The van der Waals surface area contributed by atoms with Gasteiger partial charge in [0.2, 0.25) is 10.0 Å². The zero-order chi connectivity index (χ0) is 19.3. The summed E-state index contributed by atoms with van der Waals surface area (Å²) in [6, 6.07) is 19.1. The van der Waals surface area contributed by atoms with Gasteiger partial charge in [-0.05, 0) is 50.6 Å². The fraction of sp³-hybridized carbons (Fsp3) is 0.429. The molecule has 0 aliphatic carbocycles. The van der Waals surface area contributed by atoms with Gasteiger partial charge in [-0.2, -0.15) is 0 Å². The third kappa shape index (κ3) is 5.31. The lowest BCUT2D eigenvalue weighted by Crippen LogP contribution is -2.49. The fourth-order valence-electron chi connectivity index (χ4n) is 3.55. The van der Waals surface area contributed by atoms with Crippen LogP contribution in [-0.4, -0.2) is 45.0 Å². The van der Waals surface area contributed by atoms with Crippen molar-refractivity contribution in [2.45, 2.75) is 37.6 Å². The van der Waals surface area contributed by atoms with E-state index in [0.29, 0.717) is 12.2 Å². The largest absolute Gasteiger partial charge is 0.328 e. The Bertz CT molecular complexity index is 804. The molecule has 27 heavy (non-hydrogen) atoms. The zero-order valence-corrected chi connectivity index (χ0v) is 16.7. The van der Waals surface area contributed by atoms with Crippen LogP contribution in [-0.2, 0) is 15.8 Å². The molecule has 1 heterocycles. The van der Waals surface area contributed by atoms with Crippen molar-refractivity contribution in [3.8, 4) is 0 Å². The molecule has 0 radical (unpaired) electrons. The first-order chi connectivity index (χ1) is 13.0. The van der Waals surface area contributed by atoms with Crippen molar-refractivity contribution >= 4 is 15.7 Å². The lowest BCUT2D eigenvalue weighted by Gasteiger charge is -2.37. The van der Waals surface area contributed by atoms with Crippen LogP contribution in [0.3, 0.4) is 0 Å². The molecule has 0 spiro atoms. The molecule has 6 heteroatoms. The highest BCUT2D eigenvalue weighted by atomic mass is 32.2. The van der Waals surface area contributed by atoms with E-state index in [0.717, 1.165) is 31.5 Å². The summed E-state index contributed by atoms with van der Waals surface area (Å²) in [5, 5.41) is 0. The second-order valence-corrected chi connectivity index (χ2v) is 9.22. The van der Waals surface area contributed by atoms with Crippen LogP contribution < -0.4 is 10.0 Å². The van der Waals surface area contributed by atoms with Crippen molar-refractivity contribution in [2.75, 3.05) is 23.9 Å². The maximum atomic E-state index is 13.3. The fourth-order valence-corrected chi connectivity index (χ4v) is 5.21. The third-order valence-corrected chi connectivity index (χ3v) is 6.93. The highest BCUT2D eigenvalue weighted by Gasteiger charge is 2.28. The lowest BCUT2D eigenvalue weighted by atomic mass is 10.0. The minimum atomic E-state index is -3.49. The Morgan fingerprint density at radius 1 is 1.04 bits per heavy atom. The molecule has 5 nitrogen and oxygen atoms in total. The predicted octanol–water partition coefficient (Wildman–Crippen LogP) is 2.83. The Kier molecular flexibility index (Phi) is 6.52. The van der Waals surface area contributed by atoms with Gasteiger partial charge in [0.1, 0.15) is 0 Å². The number of hydrogen-bond donors (Lipinski definition) is 1. The summed E-state index contributed by atoms with van der Waals surface area (Å²) in [4.78, 5) is 2.34. The number of likely N-dealkylation sites (tertiary alicyclic amines) is 1. The lowest BCUT2D eigenvalue weighted by molar-refractivity contribution is 0.167. The van der Waals surface area contributed by atoms with E-state index in [1.54, 1.807) is 4.31 Å². The van der Waals surface area contributed by atoms with E-state index in [1.165, 1.54) is 0 Å². The monoisotopic (exact) mass is 387 g/mol. The molecule has 146 valence electrons. The van der Waals surface area contributed by atoms with Crippen LogP contribution in [0.1, 0.15) is 25.3 Å². The second-order valence-electron chi connectivity index (χ2n) is 7.33. The summed E-state index contributed by atoms with van der Waals surface area (Å²) < 4.78 is 28.1. The van der Waals surface area contributed by atoms with Gasteiger partial charge >= 0.3 is 0 Å². The molecule has 0 saturated carbocycles. The first-order valence-corrected chi connectivity index (χ1v) is 11.2. The number of sulfonamides is 1. The van der Waals surface area contributed by atoms with Gasteiger partial charge in [0.25, 0.3) is 0 Å². The van der Waals surface area contributed by atoms with Crippen LogP contribution in [0, 0.1) is 0 Å². The van der Waals surface area contributed by atoms with Gasteiger partial charge in [-0.25, -0.2) is 8.42 Å². The predicted molar refractivity (Wildman–Crippen MR) is 111 cm³/mol. The van der Waals surface area contributed by atoms with Gasteiger partial charge in [-0.1, -0.05) is 48.5 Å². The molecule has 0 unspecified atom stereocenters. The molecule has 3 rings (SSSR count). The van der Waals surface area contributed by atoms with Gasteiger partial charge in [0.05, 0.1) is 11.4 Å². The minimum absolute atomic E-state index is 0.000326. The number of rotatable bonds is 7. The summed E-state index contributed by atoms with van der Waals surface area (Å²) in [5.41, 5.74) is 7.53. The number of hydrogen-bond acceptors (Lipinski definition) is 4. The highest BCUT2D eigenvalue weighted by Crippen LogP contribution is 2.23. The van der Waals surface area contributed by atoms with Crippen molar-refractivity contribution in [3.63, 3.8) is 0 Å². The van der Waals surface area contributed by atoms with Crippen LogP contribution in [0.15, 0.2) is 60.7 Å². The molecule has 2 N–H and O–H groups in total. The number of piperidine rings is 1. The van der Waals surface area contributed by atoms with E-state index in [1.807, 2.05) is 60.7 Å². The smallest absolute Gasteiger partial charge is 0.239 e. The van der Waals surface area contributed by atoms with Crippen LogP contribution in [0.5, 0.6) is 0 Å². The maximum absolute atomic E-state index is 13.3. The molecular weight excluding hydrogens is 358 g/mol. The second kappa shape index (κ2) is 8.87. The van der Waals surface area contributed by atoms with E-state index in [-0.39, 0.29) is 17.8 Å². The molecule has 0 amide bonds. The standard InChI is InChI=1S/C21H29N3O2S/c1-18(23-14-12-20(22)13-15-23)16-24(21-10-6-3-7-11-21)27(25,26)17-19-8-4-2-5-9-19/h2-11,18,20H,12-17,22H2,1H3/t18-/m1/s1. The van der Waals surface area contributed by atoms with E-state index >= 15 is 0 Å². The Balaban J connectivity index is 1.81. The highest BCUT2D eigenvalue weighted by molar-refractivity contribution is 7.92. The van der Waals surface area contributed by atoms with Crippen LogP contribution in [0.2, 0.25) is 0 Å². The molecule has 1 atom stereocenters. The number of nitrogens with zero attached hydrogens (tertiary/aromatic N) is 2. The van der Waals surface area contributed by atoms with E-state index in [2.05, 4.69) is 11.8 Å². The Morgan fingerprint density at radius 3 is 2.19 bits per heavy atom. The molecule has 1 fully saturated rings. The van der Waals surface area contributed by atoms with E-state index in [4.69, 9.17) is 5.73 Å². The van der Waals surface area contributed by atoms with Crippen molar-refractivity contribution < 1.29 is 8.42 Å². The molecule has 1 saturated heterocycles. The molecule has 2 aromatic rings. The topological polar surface area (TPSA) is 66.6 Å². The molecule has 1 aliphatic rings. The SMILES string of the molecule is C[C@H](CN(c1ccccc1)S(=O)(=O)Cc1ccccc1)N1CCC(N)CC1. The molecule has 0 bridgehead atoms.